The lowest BCUT2D eigenvalue weighted by Gasteiger charge is -2.30. The van der Waals surface area contributed by atoms with Gasteiger partial charge in [-0.3, -0.25) is 5.41 Å². The van der Waals surface area contributed by atoms with Crippen LogP contribution in [0.5, 0.6) is 0 Å². The summed E-state index contributed by atoms with van der Waals surface area (Å²) in [7, 11) is 0. The van der Waals surface area contributed by atoms with E-state index in [9.17, 15) is 0 Å². The normalized spacial score (nSPS) is 22.9. The highest BCUT2D eigenvalue weighted by Crippen LogP contribution is 2.29. The van der Waals surface area contributed by atoms with Gasteiger partial charge in [0.25, 0.3) is 0 Å². The molecule has 106 valence electrons. The quantitative estimate of drug-likeness (QED) is 0.562. The highest BCUT2D eigenvalue weighted by molar-refractivity contribution is 6.02. The molecule has 1 saturated carbocycles. The van der Waals surface area contributed by atoms with E-state index in [1.807, 2.05) is 0 Å². The van der Waals surface area contributed by atoms with E-state index in [2.05, 4.69) is 32.9 Å². The first-order valence-corrected chi connectivity index (χ1v) is 6.85. The molecule has 0 bridgehead atoms. The first kappa shape index (κ1) is 12.8. The molecule has 0 aliphatic heterocycles. The summed E-state index contributed by atoms with van der Waals surface area (Å²) in [4.78, 5) is 0. The van der Waals surface area contributed by atoms with Gasteiger partial charge in [-0.05, 0) is 29.2 Å². The van der Waals surface area contributed by atoms with Crippen LogP contribution >= 0.6 is 0 Å². The van der Waals surface area contributed by atoms with Gasteiger partial charge in [0.05, 0.1) is 17.4 Å². The highest BCUT2D eigenvalue weighted by atomic mass is 15.6. The molecule has 2 heterocycles. The number of aromatic nitrogens is 5. The van der Waals surface area contributed by atoms with Crippen LogP contribution in [0.15, 0.2) is 6.20 Å². The topological polar surface area (TPSA) is 118 Å². The monoisotopic (exact) mass is 274 g/mol. The zero-order valence-electron chi connectivity index (χ0n) is 11.4. The summed E-state index contributed by atoms with van der Waals surface area (Å²) >= 11 is 0. The Morgan fingerprint density at radius 3 is 3.00 bits per heavy atom. The Balaban J connectivity index is 2.01. The van der Waals surface area contributed by atoms with E-state index in [-0.39, 0.29) is 5.84 Å². The summed E-state index contributed by atoms with van der Waals surface area (Å²) in [5.74, 6) is 0.543. The van der Waals surface area contributed by atoms with Crippen LogP contribution in [0, 0.1) is 11.3 Å². The predicted octanol–water partition coefficient (Wildman–Crippen LogP) is 0.794. The largest absolute Gasteiger partial charge is 0.384 e. The van der Waals surface area contributed by atoms with E-state index in [0.29, 0.717) is 28.9 Å². The predicted molar refractivity (Wildman–Crippen MR) is 74.6 cm³/mol. The summed E-state index contributed by atoms with van der Waals surface area (Å²) in [5.41, 5.74) is 7.40. The number of anilines is 1. The smallest absolute Gasteiger partial charge is 0.223 e. The zero-order chi connectivity index (χ0) is 14.1. The maximum atomic E-state index is 7.69. The third-order valence-electron chi connectivity index (χ3n) is 3.97. The number of tetrazole rings is 1. The minimum atomic E-state index is -0.0334. The van der Waals surface area contributed by atoms with Gasteiger partial charge in [0.2, 0.25) is 5.65 Å². The molecule has 1 aliphatic carbocycles. The second-order valence-corrected chi connectivity index (χ2v) is 5.35. The van der Waals surface area contributed by atoms with Crippen molar-refractivity contribution in [2.45, 2.75) is 38.6 Å². The van der Waals surface area contributed by atoms with Gasteiger partial charge in [-0.2, -0.15) is 5.10 Å². The number of nitrogens with two attached hydrogens (primary N) is 1. The van der Waals surface area contributed by atoms with Gasteiger partial charge in [-0.1, -0.05) is 19.8 Å². The van der Waals surface area contributed by atoms with E-state index in [0.717, 1.165) is 6.42 Å². The van der Waals surface area contributed by atoms with Gasteiger partial charge in [-0.15, -0.1) is 9.73 Å². The van der Waals surface area contributed by atoms with Crippen molar-refractivity contribution < 1.29 is 0 Å². The molecule has 0 spiro atoms. The summed E-state index contributed by atoms with van der Waals surface area (Å²) in [6, 6.07) is 0.352. The Morgan fingerprint density at radius 2 is 2.25 bits per heavy atom. The number of fused-ring (bicyclic) bond motifs is 1. The second kappa shape index (κ2) is 5.03. The minimum Gasteiger partial charge on any atom is -0.384 e. The van der Waals surface area contributed by atoms with Crippen molar-refractivity contribution >= 4 is 17.2 Å². The fourth-order valence-corrected chi connectivity index (χ4v) is 2.77. The van der Waals surface area contributed by atoms with E-state index in [4.69, 9.17) is 11.1 Å². The lowest BCUT2D eigenvalue weighted by Crippen LogP contribution is -2.32. The molecule has 20 heavy (non-hydrogen) atoms. The Hall–Kier alpha value is -2.25. The fraction of sp³-hybridized carbons (Fsp3) is 0.583. The van der Waals surface area contributed by atoms with E-state index < -0.39 is 0 Å². The molecular formula is C12H18N8. The van der Waals surface area contributed by atoms with Crippen LogP contribution in [0.25, 0.3) is 5.65 Å². The lowest BCUT2D eigenvalue weighted by molar-refractivity contribution is 0.349. The molecule has 0 amide bonds. The average Bonchev–Trinajstić information content (AvgIpc) is 2.90. The molecule has 1 aliphatic rings. The highest BCUT2D eigenvalue weighted by Gasteiger charge is 2.24. The Labute approximate surface area is 116 Å². The molecule has 0 aromatic carbocycles. The van der Waals surface area contributed by atoms with Gasteiger partial charge in [-0.25, -0.2) is 0 Å². The molecule has 1 fully saturated rings. The van der Waals surface area contributed by atoms with Crippen molar-refractivity contribution in [1.82, 2.24) is 25.3 Å². The SMILES string of the molecule is CC1CCCCC1Nc1c(C(=N)N)cnn2nnnc12. The number of nitrogens with one attached hydrogen (secondary N) is 2. The van der Waals surface area contributed by atoms with E-state index >= 15 is 0 Å². The van der Waals surface area contributed by atoms with Crippen LogP contribution in [0.3, 0.4) is 0 Å². The number of hydrogen-bond acceptors (Lipinski definition) is 6. The van der Waals surface area contributed by atoms with Crippen molar-refractivity contribution in [1.29, 1.82) is 5.41 Å². The van der Waals surface area contributed by atoms with Gasteiger partial charge in [0, 0.05) is 6.04 Å². The van der Waals surface area contributed by atoms with Crippen molar-refractivity contribution in [3.8, 4) is 0 Å². The van der Waals surface area contributed by atoms with Crippen LogP contribution in [-0.4, -0.2) is 37.1 Å². The Kier molecular flexibility index (Phi) is 3.21. The molecule has 8 heteroatoms. The van der Waals surface area contributed by atoms with Crippen molar-refractivity contribution in [3.05, 3.63) is 11.8 Å². The molecule has 4 N–H and O–H groups in total. The van der Waals surface area contributed by atoms with Gasteiger partial charge >= 0.3 is 0 Å². The third-order valence-corrected chi connectivity index (χ3v) is 3.97. The number of nitrogen functional groups attached to an aromatic ring is 1. The molecule has 2 aromatic rings. The summed E-state index contributed by atoms with van der Waals surface area (Å²) in [6.07, 6.45) is 6.33. The molecule has 0 saturated heterocycles. The van der Waals surface area contributed by atoms with Crippen LogP contribution in [0.2, 0.25) is 0 Å². The summed E-state index contributed by atoms with van der Waals surface area (Å²) < 4.78 is 1.35. The first-order chi connectivity index (χ1) is 9.66. The van der Waals surface area contributed by atoms with Crippen molar-refractivity contribution in [3.63, 3.8) is 0 Å². The average molecular weight is 274 g/mol. The van der Waals surface area contributed by atoms with Crippen LogP contribution in [0.1, 0.15) is 38.2 Å². The van der Waals surface area contributed by atoms with Crippen molar-refractivity contribution in [2.75, 3.05) is 5.32 Å². The summed E-state index contributed by atoms with van der Waals surface area (Å²) in [5, 5.41) is 26.6. The zero-order valence-corrected chi connectivity index (χ0v) is 11.4. The molecule has 0 radical (unpaired) electrons. The molecule has 3 rings (SSSR count). The maximum Gasteiger partial charge on any atom is 0.223 e. The fourth-order valence-electron chi connectivity index (χ4n) is 2.77. The number of rotatable bonds is 3. The molecular weight excluding hydrogens is 256 g/mol. The van der Waals surface area contributed by atoms with Crippen molar-refractivity contribution in [2.24, 2.45) is 11.7 Å². The maximum absolute atomic E-state index is 7.69. The first-order valence-electron chi connectivity index (χ1n) is 6.85. The second-order valence-electron chi connectivity index (χ2n) is 5.35. The van der Waals surface area contributed by atoms with E-state index in [1.165, 1.54) is 30.1 Å². The Bertz CT molecular complexity index is 633. The molecule has 2 aromatic heterocycles. The molecule has 2 atom stereocenters. The number of nitrogens with zero attached hydrogens (tertiary/aromatic N) is 5. The van der Waals surface area contributed by atoms with E-state index in [1.54, 1.807) is 0 Å². The number of hydrogen-bond donors (Lipinski definition) is 3. The standard InChI is InChI=1S/C12H18N8/c1-7-4-2-3-5-9(7)16-10-8(11(13)14)6-15-20-12(10)17-18-19-20/h6-7,9,16H,2-5H2,1H3,(H3,13,14). The van der Waals surface area contributed by atoms with Gasteiger partial charge in [0.15, 0.2) is 0 Å². The van der Waals surface area contributed by atoms with Crippen LogP contribution in [0.4, 0.5) is 5.69 Å². The lowest BCUT2D eigenvalue weighted by atomic mass is 9.86. The number of amidine groups is 1. The Morgan fingerprint density at radius 1 is 1.45 bits per heavy atom. The summed E-state index contributed by atoms with van der Waals surface area (Å²) in [6.45, 7) is 2.24. The molecule has 2 unspecified atom stereocenters. The van der Waals surface area contributed by atoms with Crippen LogP contribution in [-0.2, 0) is 0 Å². The third kappa shape index (κ3) is 2.17. The van der Waals surface area contributed by atoms with Crippen LogP contribution < -0.4 is 11.1 Å². The van der Waals surface area contributed by atoms with Gasteiger partial charge < -0.3 is 11.1 Å². The van der Waals surface area contributed by atoms with Gasteiger partial charge in [0.1, 0.15) is 5.84 Å². The minimum absolute atomic E-state index is 0.0334. The molecule has 8 nitrogen and oxygen atoms in total.